The van der Waals surface area contributed by atoms with Crippen molar-refractivity contribution in [3.8, 4) is 0 Å². The van der Waals surface area contributed by atoms with E-state index < -0.39 is 12.5 Å². The van der Waals surface area contributed by atoms with Gasteiger partial charge in [-0.25, -0.2) is 8.78 Å². The summed E-state index contributed by atoms with van der Waals surface area (Å²) >= 11 is 3.18. The molecule has 5 heteroatoms. The molecule has 1 unspecified atom stereocenters. The van der Waals surface area contributed by atoms with E-state index in [1.807, 2.05) is 0 Å². The Labute approximate surface area is 89.9 Å². The Bertz CT molecular complexity index is 270. The van der Waals surface area contributed by atoms with E-state index in [2.05, 4.69) is 15.9 Å². The van der Waals surface area contributed by atoms with Crippen LogP contribution in [0.3, 0.4) is 0 Å². The van der Waals surface area contributed by atoms with Crippen LogP contribution in [-0.4, -0.2) is 6.43 Å². The molecule has 1 aromatic carbocycles. The first-order valence-corrected chi connectivity index (χ1v) is 4.20. The highest BCUT2D eigenvalue weighted by Crippen LogP contribution is 2.20. The smallest absolute Gasteiger partial charge is 0.257 e. The van der Waals surface area contributed by atoms with Gasteiger partial charge >= 0.3 is 0 Å². The zero-order chi connectivity index (χ0) is 9.14. The van der Waals surface area contributed by atoms with E-state index in [9.17, 15) is 8.78 Å². The molecule has 1 atom stereocenters. The van der Waals surface area contributed by atoms with Crippen LogP contribution in [0.1, 0.15) is 11.6 Å². The minimum atomic E-state index is -2.51. The summed E-state index contributed by atoms with van der Waals surface area (Å²) < 4.78 is 25.0. The van der Waals surface area contributed by atoms with Crippen molar-refractivity contribution in [1.82, 2.24) is 0 Å². The van der Waals surface area contributed by atoms with Crippen molar-refractivity contribution < 1.29 is 8.78 Å². The molecule has 0 amide bonds. The molecule has 0 aliphatic heterocycles. The number of hydrogen-bond donors (Lipinski definition) is 1. The van der Waals surface area contributed by atoms with E-state index in [0.717, 1.165) is 4.47 Å². The second-order valence-electron chi connectivity index (χ2n) is 2.42. The normalized spacial score (nSPS) is 12.4. The molecule has 0 aliphatic rings. The van der Waals surface area contributed by atoms with Crippen molar-refractivity contribution in [2.45, 2.75) is 12.5 Å². The van der Waals surface area contributed by atoms with E-state index in [0.29, 0.717) is 5.56 Å². The number of nitrogens with two attached hydrogens (primary N) is 1. The Morgan fingerprint density at radius 3 is 2.38 bits per heavy atom. The first-order chi connectivity index (χ1) is 5.61. The van der Waals surface area contributed by atoms with Crippen molar-refractivity contribution in [2.24, 2.45) is 5.73 Å². The average molecular weight is 273 g/mol. The van der Waals surface area contributed by atoms with Crippen molar-refractivity contribution in [1.29, 1.82) is 0 Å². The van der Waals surface area contributed by atoms with Crippen molar-refractivity contribution in [3.63, 3.8) is 0 Å². The summed E-state index contributed by atoms with van der Waals surface area (Å²) in [6.45, 7) is 0. The lowest BCUT2D eigenvalue weighted by atomic mass is 10.1. The molecule has 2 N–H and O–H groups in total. The first-order valence-electron chi connectivity index (χ1n) is 3.40. The van der Waals surface area contributed by atoms with E-state index in [1.165, 1.54) is 0 Å². The zero-order valence-corrected chi connectivity index (χ0v) is 8.99. The minimum Gasteiger partial charge on any atom is -0.319 e. The summed E-state index contributed by atoms with van der Waals surface area (Å²) in [7, 11) is 0. The molecular formula is C8H9BrClF2N. The standard InChI is InChI=1S/C8H8BrF2N.ClH/c9-6-3-1-2-5(4-6)7(12)8(10)11;/h1-4,7-8H,12H2;1H. The molecule has 1 nitrogen and oxygen atoms in total. The lowest BCUT2D eigenvalue weighted by molar-refractivity contribution is 0.116. The van der Waals surface area contributed by atoms with E-state index >= 15 is 0 Å². The molecule has 0 aliphatic carbocycles. The maximum atomic E-state index is 12.1. The van der Waals surface area contributed by atoms with Crippen molar-refractivity contribution >= 4 is 28.3 Å². The van der Waals surface area contributed by atoms with Gasteiger partial charge in [-0.05, 0) is 17.7 Å². The van der Waals surface area contributed by atoms with Crippen molar-refractivity contribution in [2.75, 3.05) is 0 Å². The summed E-state index contributed by atoms with van der Waals surface area (Å²) in [5, 5.41) is 0. The third-order valence-corrected chi connectivity index (χ3v) is 2.00. The van der Waals surface area contributed by atoms with Gasteiger partial charge in [0.05, 0.1) is 6.04 Å². The van der Waals surface area contributed by atoms with E-state index in [1.54, 1.807) is 24.3 Å². The molecule has 0 saturated heterocycles. The van der Waals surface area contributed by atoms with Crippen LogP contribution in [0, 0.1) is 0 Å². The van der Waals surface area contributed by atoms with Crippen LogP contribution in [0.4, 0.5) is 8.78 Å². The highest BCUT2D eigenvalue weighted by molar-refractivity contribution is 9.10. The second-order valence-corrected chi connectivity index (χ2v) is 3.33. The number of alkyl halides is 2. The van der Waals surface area contributed by atoms with Crippen molar-refractivity contribution in [3.05, 3.63) is 34.3 Å². The molecule has 0 fully saturated rings. The molecule has 74 valence electrons. The molecular weight excluding hydrogens is 263 g/mol. The van der Waals surface area contributed by atoms with Crippen LogP contribution in [0.2, 0.25) is 0 Å². The van der Waals surface area contributed by atoms with Gasteiger partial charge in [0.25, 0.3) is 6.43 Å². The van der Waals surface area contributed by atoms with Gasteiger partial charge in [-0.3, -0.25) is 0 Å². The predicted molar refractivity (Wildman–Crippen MR) is 54.3 cm³/mol. The summed E-state index contributed by atoms with van der Waals surface area (Å²) in [4.78, 5) is 0. The quantitative estimate of drug-likeness (QED) is 0.879. The number of halogens is 4. The van der Waals surface area contributed by atoms with Gasteiger partial charge in [-0.1, -0.05) is 28.1 Å². The molecule has 0 spiro atoms. The fourth-order valence-corrected chi connectivity index (χ4v) is 1.28. The van der Waals surface area contributed by atoms with Gasteiger partial charge in [-0.15, -0.1) is 12.4 Å². The Kier molecular flexibility index (Phi) is 5.44. The highest BCUT2D eigenvalue weighted by Gasteiger charge is 2.16. The van der Waals surface area contributed by atoms with E-state index in [4.69, 9.17) is 5.73 Å². The first kappa shape index (κ1) is 12.8. The zero-order valence-electron chi connectivity index (χ0n) is 6.58. The Morgan fingerprint density at radius 1 is 1.31 bits per heavy atom. The molecule has 13 heavy (non-hydrogen) atoms. The summed E-state index contributed by atoms with van der Waals surface area (Å²) in [6, 6.07) is 5.43. The van der Waals surface area contributed by atoms with Crippen LogP contribution in [0.5, 0.6) is 0 Å². The summed E-state index contributed by atoms with van der Waals surface area (Å²) in [5.41, 5.74) is 5.68. The van der Waals surface area contributed by atoms with Gasteiger partial charge in [-0.2, -0.15) is 0 Å². The maximum absolute atomic E-state index is 12.1. The lowest BCUT2D eigenvalue weighted by Gasteiger charge is -2.10. The Morgan fingerprint density at radius 2 is 1.92 bits per heavy atom. The van der Waals surface area contributed by atoms with Gasteiger partial charge in [0, 0.05) is 4.47 Å². The fraction of sp³-hybridized carbons (Fsp3) is 0.250. The monoisotopic (exact) mass is 271 g/mol. The van der Waals surface area contributed by atoms with Crippen LogP contribution in [0.25, 0.3) is 0 Å². The third-order valence-electron chi connectivity index (χ3n) is 1.51. The predicted octanol–water partition coefficient (Wildman–Crippen LogP) is 3.14. The SMILES string of the molecule is Cl.NC(c1cccc(Br)c1)C(F)F. The molecule has 0 aromatic heterocycles. The van der Waals surface area contributed by atoms with Gasteiger partial charge in [0.1, 0.15) is 0 Å². The molecule has 0 radical (unpaired) electrons. The van der Waals surface area contributed by atoms with Crippen LogP contribution in [0.15, 0.2) is 28.7 Å². The van der Waals surface area contributed by atoms with Crippen LogP contribution >= 0.6 is 28.3 Å². The van der Waals surface area contributed by atoms with Crippen LogP contribution < -0.4 is 5.73 Å². The van der Waals surface area contributed by atoms with E-state index in [-0.39, 0.29) is 12.4 Å². The molecule has 0 heterocycles. The Balaban J connectivity index is 0.00000144. The molecule has 0 saturated carbocycles. The Hall–Kier alpha value is -0.190. The number of hydrogen-bond acceptors (Lipinski definition) is 1. The lowest BCUT2D eigenvalue weighted by Crippen LogP contribution is -2.18. The molecule has 1 rings (SSSR count). The average Bonchev–Trinajstić information content (AvgIpc) is 2.03. The van der Waals surface area contributed by atoms with Gasteiger partial charge in [0.15, 0.2) is 0 Å². The van der Waals surface area contributed by atoms with Gasteiger partial charge in [0.2, 0.25) is 0 Å². The minimum absolute atomic E-state index is 0. The fourth-order valence-electron chi connectivity index (χ4n) is 0.859. The molecule has 0 bridgehead atoms. The highest BCUT2D eigenvalue weighted by atomic mass is 79.9. The maximum Gasteiger partial charge on any atom is 0.257 e. The number of benzene rings is 1. The topological polar surface area (TPSA) is 26.0 Å². The second kappa shape index (κ2) is 5.52. The summed E-state index contributed by atoms with van der Waals surface area (Å²) in [5.74, 6) is 0. The number of rotatable bonds is 2. The largest absolute Gasteiger partial charge is 0.319 e. The molecule has 1 aromatic rings. The third kappa shape index (κ3) is 3.58. The summed E-state index contributed by atoms with van der Waals surface area (Å²) in [6.07, 6.45) is -2.51. The van der Waals surface area contributed by atoms with Gasteiger partial charge < -0.3 is 5.73 Å². The van der Waals surface area contributed by atoms with Crippen LogP contribution in [-0.2, 0) is 0 Å².